The van der Waals surface area contributed by atoms with Gasteiger partial charge in [-0.3, -0.25) is 4.55 Å². The summed E-state index contributed by atoms with van der Waals surface area (Å²) in [4.78, 5) is 0. The molecule has 1 atom stereocenters. The van der Waals surface area contributed by atoms with Crippen molar-refractivity contribution in [3.05, 3.63) is 0 Å². The van der Waals surface area contributed by atoms with Crippen molar-refractivity contribution in [2.24, 2.45) is 0 Å². The van der Waals surface area contributed by atoms with Crippen LogP contribution in [0, 0.1) is 0 Å². The zero-order valence-corrected chi connectivity index (χ0v) is 11.3. The van der Waals surface area contributed by atoms with E-state index in [1.807, 2.05) is 0 Å². The Bertz CT molecular complexity index is 340. The first kappa shape index (κ1) is 21.7. The molecule has 0 spiro atoms. The average molecular weight is 334 g/mol. The minimum atomic E-state index is -4.37. The summed E-state index contributed by atoms with van der Waals surface area (Å²) in [5, 5.41) is 8.94. The third-order valence-corrected chi connectivity index (χ3v) is 1.76. The molecule has 0 saturated carbocycles. The van der Waals surface area contributed by atoms with Gasteiger partial charge in [0.05, 0.1) is 12.4 Å². The molecule has 0 saturated heterocycles. The third kappa shape index (κ3) is 30.5. The predicted octanol–water partition coefficient (Wildman–Crippen LogP) is 2.93. The minimum Gasteiger partial charge on any atom is -0.393 e. The second kappa shape index (κ2) is 8.67. The summed E-state index contributed by atoms with van der Waals surface area (Å²) in [6.07, 6.45) is -12.7. The molecule has 0 bridgehead atoms. The molecular formula is C9H16F6O4S. The van der Waals surface area contributed by atoms with Crippen LogP contribution in [0.4, 0.5) is 26.3 Å². The molecule has 2 N–H and O–H groups in total. The Morgan fingerprint density at radius 2 is 1.30 bits per heavy atom. The van der Waals surface area contributed by atoms with E-state index in [-0.39, 0.29) is 12.8 Å². The molecule has 11 heteroatoms. The van der Waals surface area contributed by atoms with Gasteiger partial charge in [-0.05, 0) is 19.3 Å². The van der Waals surface area contributed by atoms with Crippen molar-refractivity contribution in [2.75, 3.05) is 6.26 Å². The van der Waals surface area contributed by atoms with Gasteiger partial charge in [-0.2, -0.15) is 34.8 Å². The van der Waals surface area contributed by atoms with Gasteiger partial charge >= 0.3 is 12.4 Å². The van der Waals surface area contributed by atoms with Gasteiger partial charge < -0.3 is 5.11 Å². The standard InChI is InChI=1S/C8H12F6O.CH4O3S/c9-7(10,11)4-1-2-6(15)3-5-8(12,13)14;1-5(2,3)4/h6,15H,1-5H2;1H3,(H,2,3,4). The maximum absolute atomic E-state index is 11.6. The average Bonchev–Trinajstić information content (AvgIpc) is 2.08. The summed E-state index contributed by atoms with van der Waals surface area (Å²) >= 11 is 0. The highest BCUT2D eigenvalue weighted by molar-refractivity contribution is 7.85. The Morgan fingerprint density at radius 3 is 1.60 bits per heavy atom. The topological polar surface area (TPSA) is 74.6 Å². The summed E-state index contributed by atoms with van der Waals surface area (Å²) < 4.78 is 95.6. The first-order valence-corrected chi connectivity index (χ1v) is 7.19. The van der Waals surface area contributed by atoms with Crippen LogP contribution in [0.1, 0.15) is 32.1 Å². The largest absolute Gasteiger partial charge is 0.393 e. The lowest BCUT2D eigenvalue weighted by Crippen LogP contribution is -2.15. The molecule has 0 aromatic rings. The van der Waals surface area contributed by atoms with Crippen LogP contribution >= 0.6 is 0 Å². The molecule has 0 aliphatic rings. The maximum Gasteiger partial charge on any atom is 0.389 e. The van der Waals surface area contributed by atoms with Gasteiger partial charge in [0.2, 0.25) is 0 Å². The van der Waals surface area contributed by atoms with Gasteiger partial charge in [0.15, 0.2) is 0 Å². The number of aliphatic hydroxyl groups excluding tert-OH is 1. The number of alkyl halides is 6. The molecule has 0 fully saturated rings. The molecule has 0 aliphatic heterocycles. The van der Waals surface area contributed by atoms with E-state index in [1.165, 1.54) is 0 Å². The smallest absolute Gasteiger partial charge is 0.389 e. The van der Waals surface area contributed by atoms with Gasteiger partial charge in [-0.15, -0.1) is 0 Å². The molecular weight excluding hydrogens is 318 g/mol. The molecule has 0 heterocycles. The zero-order chi connectivity index (χ0) is 16.6. The predicted molar refractivity (Wildman–Crippen MR) is 58.7 cm³/mol. The van der Waals surface area contributed by atoms with Crippen molar-refractivity contribution in [2.45, 2.75) is 50.6 Å². The minimum absolute atomic E-state index is 0.254. The number of hydrogen-bond donors (Lipinski definition) is 2. The van der Waals surface area contributed by atoms with Crippen LogP contribution in [0.2, 0.25) is 0 Å². The Kier molecular flexibility index (Phi) is 9.43. The highest BCUT2D eigenvalue weighted by Gasteiger charge is 2.29. The Labute approximate surface area is 112 Å². The van der Waals surface area contributed by atoms with E-state index in [1.54, 1.807) is 0 Å². The zero-order valence-electron chi connectivity index (χ0n) is 10.5. The van der Waals surface area contributed by atoms with Crippen LogP contribution in [0.3, 0.4) is 0 Å². The fraction of sp³-hybridized carbons (Fsp3) is 1.00. The summed E-state index contributed by atoms with van der Waals surface area (Å²) in [7, 11) is -3.67. The summed E-state index contributed by atoms with van der Waals surface area (Å²) in [5.74, 6) is 0. The van der Waals surface area contributed by atoms with Gasteiger partial charge in [0.1, 0.15) is 0 Å². The summed E-state index contributed by atoms with van der Waals surface area (Å²) in [5.41, 5.74) is 0. The second-order valence-electron chi connectivity index (χ2n) is 4.05. The summed E-state index contributed by atoms with van der Waals surface area (Å²) in [6.45, 7) is 0. The van der Waals surface area contributed by atoms with Crippen LogP contribution in [-0.4, -0.2) is 42.8 Å². The van der Waals surface area contributed by atoms with E-state index in [9.17, 15) is 34.8 Å². The molecule has 0 aromatic carbocycles. The van der Waals surface area contributed by atoms with E-state index in [4.69, 9.17) is 9.66 Å². The highest BCUT2D eigenvalue weighted by Crippen LogP contribution is 2.25. The van der Waals surface area contributed by atoms with E-state index >= 15 is 0 Å². The lowest BCUT2D eigenvalue weighted by atomic mass is 10.1. The first-order valence-electron chi connectivity index (χ1n) is 5.34. The molecule has 0 rings (SSSR count). The van der Waals surface area contributed by atoms with Crippen molar-refractivity contribution >= 4 is 10.1 Å². The molecule has 0 radical (unpaired) electrons. The molecule has 4 nitrogen and oxygen atoms in total. The first-order chi connectivity index (χ1) is 8.60. The second-order valence-corrected chi connectivity index (χ2v) is 5.51. The van der Waals surface area contributed by atoms with E-state index in [0.29, 0.717) is 6.26 Å². The van der Waals surface area contributed by atoms with Crippen molar-refractivity contribution in [3.8, 4) is 0 Å². The lowest BCUT2D eigenvalue weighted by Gasteiger charge is -2.12. The molecule has 0 aliphatic carbocycles. The number of aliphatic hydroxyl groups is 1. The van der Waals surface area contributed by atoms with Crippen LogP contribution in [-0.2, 0) is 10.1 Å². The van der Waals surface area contributed by atoms with E-state index in [2.05, 4.69) is 0 Å². The van der Waals surface area contributed by atoms with Crippen molar-refractivity contribution in [1.29, 1.82) is 0 Å². The molecule has 20 heavy (non-hydrogen) atoms. The Morgan fingerprint density at radius 1 is 0.950 bits per heavy atom. The molecule has 0 aromatic heterocycles. The van der Waals surface area contributed by atoms with Crippen molar-refractivity contribution in [3.63, 3.8) is 0 Å². The Hall–Kier alpha value is -0.550. The quantitative estimate of drug-likeness (QED) is 0.599. The SMILES string of the molecule is CS(=O)(=O)O.OC(CCCC(F)(F)F)CCC(F)(F)F. The maximum atomic E-state index is 11.6. The lowest BCUT2D eigenvalue weighted by molar-refractivity contribution is -0.143. The van der Waals surface area contributed by atoms with Gasteiger partial charge in [0, 0.05) is 12.8 Å². The van der Waals surface area contributed by atoms with Gasteiger partial charge in [-0.25, -0.2) is 0 Å². The van der Waals surface area contributed by atoms with Gasteiger partial charge in [0.25, 0.3) is 10.1 Å². The van der Waals surface area contributed by atoms with E-state index in [0.717, 1.165) is 0 Å². The highest BCUT2D eigenvalue weighted by atomic mass is 32.2. The fourth-order valence-corrected chi connectivity index (χ4v) is 1.01. The van der Waals surface area contributed by atoms with Crippen LogP contribution in [0.25, 0.3) is 0 Å². The monoisotopic (exact) mass is 334 g/mol. The fourth-order valence-electron chi connectivity index (χ4n) is 1.01. The van der Waals surface area contributed by atoms with Crippen molar-refractivity contribution < 1.29 is 44.4 Å². The van der Waals surface area contributed by atoms with Crippen molar-refractivity contribution in [1.82, 2.24) is 0 Å². The normalized spacial score (nSPS) is 14.4. The van der Waals surface area contributed by atoms with Crippen LogP contribution < -0.4 is 0 Å². The molecule has 0 amide bonds. The van der Waals surface area contributed by atoms with Crippen LogP contribution in [0.15, 0.2) is 0 Å². The molecule has 124 valence electrons. The number of halogens is 6. The van der Waals surface area contributed by atoms with Gasteiger partial charge in [-0.1, -0.05) is 0 Å². The van der Waals surface area contributed by atoms with Crippen LogP contribution in [0.5, 0.6) is 0 Å². The van der Waals surface area contributed by atoms with E-state index < -0.39 is 47.8 Å². The number of hydrogen-bond acceptors (Lipinski definition) is 3. The summed E-state index contributed by atoms with van der Waals surface area (Å²) in [6, 6.07) is 0. The number of rotatable bonds is 5. The third-order valence-electron chi connectivity index (χ3n) is 1.76. The Balaban J connectivity index is 0. The molecule has 1 unspecified atom stereocenters.